The van der Waals surface area contributed by atoms with E-state index in [1.807, 2.05) is 16.0 Å². The smallest absolute Gasteiger partial charge is 0.328 e. The van der Waals surface area contributed by atoms with Gasteiger partial charge in [0.1, 0.15) is 0 Å². The van der Waals surface area contributed by atoms with Gasteiger partial charge in [0.25, 0.3) is 0 Å². The van der Waals surface area contributed by atoms with E-state index >= 15 is 0 Å². The van der Waals surface area contributed by atoms with Crippen molar-refractivity contribution in [2.24, 2.45) is 5.92 Å². The van der Waals surface area contributed by atoms with Crippen LogP contribution in [0.5, 0.6) is 0 Å². The van der Waals surface area contributed by atoms with Gasteiger partial charge in [-0.2, -0.15) is 0 Å². The quantitative estimate of drug-likeness (QED) is 0.799. The van der Waals surface area contributed by atoms with Crippen molar-refractivity contribution in [3.63, 3.8) is 0 Å². The Kier molecular flexibility index (Phi) is 3.96. The molecule has 0 saturated heterocycles. The second kappa shape index (κ2) is 5.89. The Hall–Kier alpha value is -1.82. The van der Waals surface area contributed by atoms with Gasteiger partial charge in [0.05, 0.1) is 5.69 Å². The largest absolute Gasteiger partial charge is 0.478 e. The summed E-state index contributed by atoms with van der Waals surface area (Å²) in [7, 11) is 0. The van der Waals surface area contributed by atoms with Crippen LogP contribution < -0.4 is 4.90 Å². The van der Waals surface area contributed by atoms with Crippen molar-refractivity contribution in [1.82, 2.24) is 9.38 Å². The molecule has 2 aromatic heterocycles. The molecule has 1 fully saturated rings. The second-order valence-electron chi connectivity index (χ2n) is 5.44. The number of aromatic nitrogens is 2. The SMILES string of the molecule is CCCN(CC1CC1)c1nc2sccn2c1C=CC(=O)O. The van der Waals surface area contributed by atoms with E-state index in [1.54, 1.807) is 17.4 Å². The van der Waals surface area contributed by atoms with Crippen LogP contribution in [0, 0.1) is 5.92 Å². The number of fused-ring (bicyclic) bond motifs is 1. The standard InChI is InChI=1S/C15H19N3O2S/c1-2-7-17(10-11-3-4-11)14-12(5-6-13(19)20)18-8-9-21-15(18)16-14/h5-6,8-9,11H,2-4,7,10H2,1H3,(H,19,20). The number of anilines is 1. The summed E-state index contributed by atoms with van der Waals surface area (Å²) < 4.78 is 1.97. The lowest BCUT2D eigenvalue weighted by atomic mass is 10.3. The lowest BCUT2D eigenvalue weighted by Crippen LogP contribution is -2.27. The van der Waals surface area contributed by atoms with E-state index in [-0.39, 0.29) is 0 Å². The Morgan fingerprint density at radius 3 is 3.10 bits per heavy atom. The minimum atomic E-state index is -0.935. The van der Waals surface area contributed by atoms with E-state index in [4.69, 9.17) is 10.1 Å². The Labute approximate surface area is 127 Å². The van der Waals surface area contributed by atoms with Gasteiger partial charge in [-0.1, -0.05) is 6.92 Å². The van der Waals surface area contributed by atoms with Crippen LogP contribution in [0.2, 0.25) is 0 Å². The highest BCUT2D eigenvalue weighted by Crippen LogP contribution is 2.33. The maximum absolute atomic E-state index is 10.8. The average Bonchev–Trinajstić information content (AvgIpc) is 3.02. The summed E-state index contributed by atoms with van der Waals surface area (Å²) in [4.78, 5) is 18.8. The molecule has 0 atom stereocenters. The van der Waals surface area contributed by atoms with Crippen molar-refractivity contribution < 1.29 is 9.90 Å². The molecular weight excluding hydrogens is 286 g/mol. The van der Waals surface area contributed by atoms with Crippen molar-refractivity contribution in [2.75, 3.05) is 18.0 Å². The fourth-order valence-electron chi connectivity index (χ4n) is 2.50. The highest BCUT2D eigenvalue weighted by molar-refractivity contribution is 7.15. The Morgan fingerprint density at radius 1 is 1.62 bits per heavy atom. The summed E-state index contributed by atoms with van der Waals surface area (Å²) in [5.74, 6) is 0.746. The molecule has 1 aliphatic rings. The molecule has 112 valence electrons. The summed E-state index contributed by atoms with van der Waals surface area (Å²) in [6, 6.07) is 0. The van der Waals surface area contributed by atoms with Gasteiger partial charge in [-0.15, -0.1) is 11.3 Å². The number of carboxylic acids is 1. The number of carbonyl (C=O) groups is 1. The molecule has 1 N–H and O–H groups in total. The molecule has 0 radical (unpaired) electrons. The topological polar surface area (TPSA) is 57.8 Å². The minimum absolute atomic E-state index is 0.771. The molecule has 1 aliphatic carbocycles. The highest BCUT2D eigenvalue weighted by Gasteiger charge is 2.26. The predicted molar refractivity (Wildman–Crippen MR) is 85.0 cm³/mol. The van der Waals surface area contributed by atoms with Crippen LogP contribution >= 0.6 is 11.3 Å². The molecular formula is C15H19N3O2S. The fraction of sp³-hybridized carbons (Fsp3) is 0.467. The number of aliphatic carboxylic acids is 1. The molecule has 2 heterocycles. The summed E-state index contributed by atoms with van der Waals surface area (Å²) in [6.45, 7) is 4.13. The zero-order chi connectivity index (χ0) is 14.8. The van der Waals surface area contributed by atoms with Crippen LogP contribution in [-0.2, 0) is 4.79 Å². The molecule has 0 aliphatic heterocycles. The Morgan fingerprint density at radius 2 is 2.43 bits per heavy atom. The highest BCUT2D eigenvalue weighted by atomic mass is 32.1. The van der Waals surface area contributed by atoms with Crippen LogP contribution in [-0.4, -0.2) is 33.6 Å². The number of carboxylic acid groups (broad SMARTS) is 1. The second-order valence-corrected chi connectivity index (χ2v) is 6.31. The number of hydrogen-bond acceptors (Lipinski definition) is 4. The van der Waals surface area contributed by atoms with E-state index in [1.165, 1.54) is 18.9 Å². The van der Waals surface area contributed by atoms with E-state index in [0.29, 0.717) is 0 Å². The van der Waals surface area contributed by atoms with Gasteiger partial charge in [-0.25, -0.2) is 9.78 Å². The van der Waals surface area contributed by atoms with Crippen molar-refractivity contribution in [3.05, 3.63) is 23.3 Å². The minimum Gasteiger partial charge on any atom is -0.478 e. The first-order chi connectivity index (χ1) is 10.2. The molecule has 21 heavy (non-hydrogen) atoms. The normalized spacial score (nSPS) is 15.1. The monoisotopic (exact) mass is 305 g/mol. The Balaban J connectivity index is 1.99. The summed E-state index contributed by atoms with van der Waals surface area (Å²) >= 11 is 1.57. The van der Waals surface area contributed by atoms with E-state index in [2.05, 4.69) is 11.8 Å². The molecule has 0 amide bonds. The lowest BCUT2D eigenvalue weighted by Gasteiger charge is -2.22. The van der Waals surface area contributed by atoms with Gasteiger partial charge in [0, 0.05) is 30.7 Å². The molecule has 1 saturated carbocycles. The summed E-state index contributed by atoms with van der Waals surface area (Å²) in [5.41, 5.74) is 0.864. The maximum atomic E-state index is 10.8. The van der Waals surface area contributed by atoms with Gasteiger partial charge in [-0.3, -0.25) is 4.40 Å². The number of rotatable bonds is 7. The maximum Gasteiger partial charge on any atom is 0.328 e. The molecule has 0 aromatic carbocycles. The first-order valence-corrected chi connectivity index (χ1v) is 8.18. The molecule has 5 nitrogen and oxygen atoms in total. The molecule has 6 heteroatoms. The van der Waals surface area contributed by atoms with E-state index < -0.39 is 5.97 Å². The molecule has 3 rings (SSSR count). The summed E-state index contributed by atoms with van der Waals surface area (Å²) in [5, 5.41) is 10.9. The van der Waals surface area contributed by atoms with Gasteiger partial charge in [0.2, 0.25) is 0 Å². The zero-order valence-corrected chi connectivity index (χ0v) is 12.8. The van der Waals surface area contributed by atoms with Crippen LogP contribution in [0.3, 0.4) is 0 Å². The third-order valence-corrected chi connectivity index (χ3v) is 4.39. The summed E-state index contributed by atoms with van der Waals surface area (Å²) in [6.07, 6.45) is 8.43. The molecule has 0 bridgehead atoms. The fourth-order valence-corrected chi connectivity index (χ4v) is 3.21. The van der Waals surface area contributed by atoms with Crippen molar-refractivity contribution in [2.45, 2.75) is 26.2 Å². The van der Waals surface area contributed by atoms with Crippen LogP contribution in [0.15, 0.2) is 17.7 Å². The van der Waals surface area contributed by atoms with Crippen LogP contribution in [0.25, 0.3) is 11.0 Å². The average molecular weight is 305 g/mol. The number of thiazole rings is 1. The van der Waals surface area contributed by atoms with Crippen LogP contribution in [0.1, 0.15) is 31.9 Å². The molecule has 0 spiro atoms. The van der Waals surface area contributed by atoms with Gasteiger partial charge < -0.3 is 10.0 Å². The van der Waals surface area contributed by atoms with Gasteiger partial charge in [-0.05, 0) is 31.3 Å². The van der Waals surface area contributed by atoms with Gasteiger partial charge >= 0.3 is 5.97 Å². The lowest BCUT2D eigenvalue weighted by molar-refractivity contribution is -0.131. The van der Waals surface area contributed by atoms with Crippen molar-refractivity contribution >= 4 is 34.2 Å². The Bertz CT molecular complexity index is 670. The van der Waals surface area contributed by atoms with Crippen molar-refractivity contribution in [1.29, 1.82) is 0 Å². The van der Waals surface area contributed by atoms with E-state index in [9.17, 15) is 4.79 Å². The predicted octanol–water partition coefficient (Wildman–Crippen LogP) is 3.12. The van der Waals surface area contributed by atoms with E-state index in [0.717, 1.165) is 41.9 Å². The molecule has 2 aromatic rings. The van der Waals surface area contributed by atoms with Crippen molar-refractivity contribution in [3.8, 4) is 0 Å². The number of hydrogen-bond donors (Lipinski definition) is 1. The number of nitrogens with zero attached hydrogens (tertiary/aromatic N) is 3. The zero-order valence-electron chi connectivity index (χ0n) is 12.0. The van der Waals surface area contributed by atoms with Crippen LogP contribution in [0.4, 0.5) is 5.82 Å². The first kappa shape index (κ1) is 14.1. The van der Waals surface area contributed by atoms with Gasteiger partial charge in [0.15, 0.2) is 10.8 Å². The third-order valence-electron chi connectivity index (χ3n) is 3.63. The number of imidazole rings is 1. The molecule has 0 unspecified atom stereocenters. The first-order valence-electron chi connectivity index (χ1n) is 7.30. The third kappa shape index (κ3) is 3.10.